The van der Waals surface area contributed by atoms with Gasteiger partial charge in [0.05, 0.1) is 16.1 Å². The molecule has 7 heteroatoms. The van der Waals surface area contributed by atoms with Crippen molar-refractivity contribution in [1.29, 1.82) is 0 Å². The Morgan fingerprint density at radius 2 is 1.85 bits per heavy atom. The second kappa shape index (κ2) is 8.65. The number of nitrogens with one attached hydrogen (secondary N) is 1. The van der Waals surface area contributed by atoms with E-state index in [1.165, 1.54) is 16.6 Å². The van der Waals surface area contributed by atoms with Gasteiger partial charge in [0, 0.05) is 16.8 Å². The van der Waals surface area contributed by atoms with Crippen LogP contribution in [0.25, 0.3) is 21.6 Å². The lowest BCUT2D eigenvalue weighted by Crippen LogP contribution is -2.27. The Morgan fingerprint density at radius 3 is 2.67 bits per heavy atom. The second-order valence-corrected chi connectivity index (χ2v) is 8.76. The highest BCUT2D eigenvalue weighted by Crippen LogP contribution is 2.29. The summed E-state index contributed by atoms with van der Waals surface area (Å²) in [5, 5.41) is 8.88. The monoisotopic (exact) mass is 411 g/mol. The van der Waals surface area contributed by atoms with Crippen LogP contribution in [0.1, 0.15) is 4.88 Å². The first-order chi connectivity index (χ1) is 13.3. The van der Waals surface area contributed by atoms with Crippen LogP contribution in [-0.2, 0) is 11.2 Å². The number of carbonyl (C=O) groups is 1. The van der Waals surface area contributed by atoms with E-state index < -0.39 is 0 Å². The van der Waals surface area contributed by atoms with Crippen LogP contribution < -0.4 is 5.32 Å². The summed E-state index contributed by atoms with van der Waals surface area (Å²) in [5.74, 6) is 1.08. The van der Waals surface area contributed by atoms with Crippen LogP contribution in [-0.4, -0.2) is 28.2 Å². The molecule has 0 aliphatic rings. The highest BCUT2D eigenvalue weighted by Gasteiger charge is 2.12. The number of nitrogens with zero attached hydrogens (tertiary/aromatic N) is 2. The fourth-order valence-electron chi connectivity index (χ4n) is 2.64. The summed E-state index contributed by atoms with van der Waals surface area (Å²) >= 11 is 4.79. The molecule has 0 unspecified atom stereocenters. The molecule has 0 spiro atoms. The Hall–Kier alpha value is -2.22. The molecule has 136 valence electrons. The topological polar surface area (TPSA) is 54.9 Å². The Bertz CT molecular complexity index is 1030. The molecule has 0 aliphatic heterocycles. The second-order valence-electron chi connectivity index (χ2n) is 5.81. The normalized spacial score (nSPS) is 11.0. The van der Waals surface area contributed by atoms with Gasteiger partial charge in [0.2, 0.25) is 5.91 Å². The predicted octanol–water partition coefficient (Wildman–Crippen LogP) is 4.87. The highest BCUT2D eigenvalue weighted by molar-refractivity contribution is 8.00. The van der Waals surface area contributed by atoms with Gasteiger partial charge in [-0.05, 0) is 35.4 Å². The van der Waals surface area contributed by atoms with E-state index in [-0.39, 0.29) is 5.91 Å². The third-order valence-electron chi connectivity index (χ3n) is 3.92. The molecule has 3 heterocycles. The Kier molecular flexibility index (Phi) is 5.81. The van der Waals surface area contributed by atoms with E-state index in [2.05, 4.69) is 21.7 Å². The largest absolute Gasteiger partial charge is 0.355 e. The number of aromatic nitrogens is 2. The van der Waals surface area contributed by atoms with Crippen LogP contribution in [0.15, 0.2) is 64.3 Å². The maximum Gasteiger partial charge on any atom is 0.230 e. The molecule has 4 aromatic rings. The fourth-order valence-corrected chi connectivity index (χ4v) is 4.85. The number of fused-ring (bicyclic) bond motifs is 1. The zero-order chi connectivity index (χ0) is 18.5. The van der Waals surface area contributed by atoms with E-state index in [9.17, 15) is 4.79 Å². The number of hydrogen-bond acceptors (Lipinski definition) is 6. The molecule has 0 fully saturated rings. The van der Waals surface area contributed by atoms with Gasteiger partial charge in [-0.2, -0.15) is 0 Å². The molecule has 27 heavy (non-hydrogen) atoms. The van der Waals surface area contributed by atoms with Gasteiger partial charge in [0.1, 0.15) is 5.03 Å². The van der Waals surface area contributed by atoms with Crippen molar-refractivity contribution in [3.8, 4) is 10.7 Å². The standard InChI is InChI=1S/C20H17N3OS3/c24-18(21-10-9-14-5-3-11-25-14)13-27-20-15-6-1-2-7-16(15)22-19(23-20)17-8-4-12-26-17/h1-8,11-12H,9-10,13H2,(H,21,24). The molecule has 1 aromatic carbocycles. The number of para-hydroxylation sites is 1. The quantitative estimate of drug-likeness (QED) is 0.348. The number of carbonyl (C=O) groups excluding carboxylic acids is 1. The molecule has 1 amide bonds. The molecular formula is C20H17N3OS3. The Labute approximate surface area is 169 Å². The van der Waals surface area contributed by atoms with Crippen molar-refractivity contribution in [2.45, 2.75) is 11.4 Å². The van der Waals surface area contributed by atoms with E-state index in [1.807, 2.05) is 47.8 Å². The molecule has 0 radical (unpaired) electrons. The minimum absolute atomic E-state index is 0.0249. The summed E-state index contributed by atoms with van der Waals surface area (Å²) in [6, 6.07) is 16.1. The maximum atomic E-state index is 12.2. The van der Waals surface area contributed by atoms with E-state index >= 15 is 0 Å². The Morgan fingerprint density at radius 1 is 1.00 bits per heavy atom. The summed E-state index contributed by atoms with van der Waals surface area (Å²) in [6.45, 7) is 0.658. The van der Waals surface area contributed by atoms with Crippen molar-refractivity contribution in [1.82, 2.24) is 15.3 Å². The van der Waals surface area contributed by atoms with Gasteiger partial charge in [-0.25, -0.2) is 9.97 Å². The van der Waals surface area contributed by atoms with Crippen LogP contribution in [0.5, 0.6) is 0 Å². The van der Waals surface area contributed by atoms with Crippen molar-refractivity contribution in [3.63, 3.8) is 0 Å². The Balaban J connectivity index is 1.45. The van der Waals surface area contributed by atoms with Crippen molar-refractivity contribution < 1.29 is 4.79 Å². The van der Waals surface area contributed by atoms with Crippen LogP contribution in [0.4, 0.5) is 0 Å². The zero-order valence-corrected chi connectivity index (χ0v) is 16.9. The molecular weight excluding hydrogens is 394 g/mol. The minimum Gasteiger partial charge on any atom is -0.355 e. The van der Waals surface area contributed by atoms with Crippen LogP contribution in [0, 0.1) is 0 Å². The average molecular weight is 412 g/mol. The van der Waals surface area contributed by atoms with Crippen molar-refractivity contribution in [2.75, 3.05) is 12.3 Å². The lowest BCUT2D eigenvalue weighted by atomic mass is 10.2. The first-order valence-electron chi connectivity index (χ1n) is 8.52. The highest BCUT2D eigenvalue weighted by atomic mass is 32.2. The maximum absolute atomic E-state index is 12.2. The van der Waals surface area contributed by atoms with Gasteiger partial charge < -0.3 is 5.32 Å². The van der Waals surface area contributed by atoms with Gasteiger partial charge >= 0.3 is 0 Å². The van der Waals surface area contributed by atoms with Crippen LogP contribution >= 0.6 is 34.4 Å². The smallest absolute Gasteiger partial charge is 0.230 e. The zero-order valence-electron chi connectivity index (χ0n) is 14.4. The summed E-state index contributed by atoms with van der Waals surface area (Å²) in [7, 11) is 0. The number of thiophene rings is 2. The van der Waals surface area contributed by atoms with E-state index in [4.69, 9.17) is 4.98 Å². The number of benzene rings is 1. The van der Waals surface area contributed by atoms with Gasteiger partial charge in [-0.15, -0.1) is 22.7 Å². The number of rotatable bonds is 7. The molecule has 4 nitrogen and oxygen atoms in total. The summed E-state index contributed by atoms with van der Waals surface area (Å²) < 4.78 is 0. The lowest BCUT2D eigenvalue weighted by Gasteiger charge is -2.08. The lowest BCUT2D eigenvalue weighted by molar-refractivity contribution is -0.118. The van der Waals surface area contributed by atoms with Crippen molar-refractivity contribution in [3.05, 3.63) is 64.2 Å². The minimum atomic E-state index is 0.0249. The first-order valence-corrected chi connectivity index (χ1v) is 11.3. The van der Waals surface area contributed by atoms with Gasteiger partial charge in [0.15, 0.2) is 5.82 Å². The predicted molar refractivity (Wildman–Crippen MR) is 115 cm³/mol. The van der Waals surface area contributed by atoms with Crippen LogP contribution in [0.3, 0.4) is 0 Å². The average Bonchev–Trinajstić information content (AvgIpc) is 3.40. The first kappa shape index (κ1) is 18.2. The molecule has 0 aliphatic carbocycles. The SMILES string of the molecule is O=C(CSc1nc(-c2cccs2)nc2ccccc12)NCCc1cccs1. The summed E-state index contributed by atoms with van der Waals surface area (Å²) in [5.41, 5.74) is 0.900. The number of amides is 1. The molecule has 1 N–H and O–H groups in total. The van der Waals surface area contributed by atoms with E-state index in [1.54, 1.807) is 22.7 Å². The summed E-state index contributed by atoms with van der Waals surface area (Å²) in [4.78, 5) is 23.9. The third-order valence-corrected chi connectivity index (χ3v) is 6.72. The molecule has 0 bridgehead atoms. The van der Waals surface area contributed by atoms with E-state index in [0.29, 0.717) is 18.1 Å². The molecule has 4 rings (SSSR count). The molecule has 0 atom stereocenters. The van der Waals surface area contributed by atoms with Crippen LogP contribution in [0.2, 0.25) is 0 Å². The van der Waals surface area contributed by atoms with Gasteiger partial charge in [0.25, 0.3) is 0 Å². The number of hydrogen-bond donors (Lipinski definition) is 1. The van der Waals surface area contributed by atoms with Crippen molar-refractivity contribution in [2.24, 2.45) is 0 Å². The summed E-state index contributed by atoms with van der Waals surface area (Å²) in [6.07, 6.45) is 0.868. The molecule has 3 aromatic heterocycles. The number of thioether (sulfide) groups is 1. The molecule has 0 saturated carbocycles. The van der Waals surface area contributed by atoms with Crippen molar-refractivity contribution >= 4 is 51.2 Å². The molecule has 0 saturated heterocycles. The fraction of sp³-hybridized carbons (Fsp3) is 0.150. The van der Waals surface area contributed by atoms with E-state index in [0.717, 1.165) is 27.2 Å². The van der Waals surface area contributed by atoms with Gasteiger partial charge in [-0.1, -0.05) is 42.1 Å². The van der Waals surface area contributed by atoms with Gasteiger partial charge in [-0.3, -0.25) is 4.79 Å². The third kappa shape index (κ3) is 4.55.